The number of sulfonamides is 1. The lowest BCUT2D eigenvalue weighted by molar-refractivity contribution is -0.120. The van der Waals surface area contributed by atoms with Gasteiger partial charge in [0, 0.05) is 0 Å². The number of hydrogen-bond acceptors (Lipinski definition) is 3. The second kappa shape index (κ2) is 5.85. The molecule has 0 unspecified atom stereocenters. The first-order valence-corrected chi connectivity index (χ1v) is 7.28. The second-order valence-corrected chi connectivity index (χ2v) is 6.41. The minimum Gasteiger partial charge on any atom is -0.368 e. The summed E-state index contributed by atoms with van der Waals surface area (Å²) in [6, 6.07) is 1.85. The highest BCUT2D eigenvalue weighted by molar-refractivity contribution is 7.89. The predicted molar refractivity (Wildman–Crippen MR) is 69.6 cm³/mol. The van der Waals surface area contributed by atoms with Crippen LogP contribution in [-0.4, -0.2) is 20.4 Å². The van der Waals surface area contributed by atoms with Crippen LogP contribution in [0.1, 0.15) is 13.8 Å². The molecule has 1 rings (SSSR count). The first-order chi connectivity index (χ1) is 8.65. The van der Waals surface area contributed by atoms with Crippen molar-refractivity contribution < 1.29 is 17.6 Å². The lowest BCUT2D eigenvalue weighted by Crippen LogP contribution is -2.47. The topological polar surface area (TPSA) is 89.3 Å². The van der Waals surface area contributed by atoms with Crippen LogP contribution >= 0.6 is 11.6 Å². The van der Waals surface area contributed by atoms with E-state index in [9.17, 15) is 17.6 Å². The Balaban J connectivity index is 3.17. The molecule has 0 fully saturated rings. The SMILES string of the molecule is CC(C)[C@@H](NS(=O)(=O)c1cc(F)ccc1Cl)C(N)=O. The van der Waals surface area contributed by atoms with Crippen molar-refractivity contribution in [3.8, 4) is 0 Å². The Hall–Kier alpha value is -1.18. The summed E-state index contributed by atoms with van der Waals surface area (Å²) in [5.41, 5.74) is 5.12. The first-order valence-electron chi connectivity index (χ1n) is 5.42. The zero-order valence-electron chi connectivity index (χ0n) is 10.4. The van der Waals surface area contributed by atoms with Crippen molar-refractivity contribution in [2.75, 3.05) is 0 Å². The number of carbonyl (C=O) groups is 1. The molecule has 5 nitrogen and oxygen atoms in total. The van der Waals surface area contributed by atoms with Crippen LogP contribution in [-0.2, 0) is 14.8 Å². The molecule has 0 heterocycles. The molecule has 1 atom stereocenters. The van der Waals surface area contributed by atoms with Gasteiger partial charge in [0.2, 0.25) is 15.9 Å². The summed E-state index contributed by atoms with van der Waals surface area (Å²) in [7, 11) is -4.13. The van der Waals surface area contributed by atoms with E-state index in [0.29, 0.717) is 0 Å². The summed E-state index contributed by atoms with van der Waals surface area (Å²) in [6.45, 7) is 3.26. The maximum atomic E-state index is 13.1. The summed E-state index contributed by atoms with van der Waals surface area (Å²) < 4.78 is 39.3. The maximum Gasteiger partial charge on any atom is 0.242 e. The molecule has 0 bridgehead atoms. The van der Waals surface area contributed by atoms with Gasteiger partial charge in [0.1, 0.15) is 16.8 Å². The van der Waals surface area contributed by atoms with Gasteiger partial charge in [-0.15, -0.1) is 0 Å². The van der Waals surface area contributed by atoms with Crippen molar-refractivity contribution in [2.45, 2.75) is 24.8 Å². The first kappa shape index (κ1) is 15.9. The standard InChI is InChI=1S/C11H14ClFN2O3S/c1-6(2)10(11(14)16)15-19(17,18)9-5-7(13)3-4-8(9)12/h3-6,10,15H,1-2H3,(H2,14,16)/t10-/m1/s1. The number of amides is 1. The van der Waals surface area contributed by atoms with Crippen LogP contribution < -0.4 is 10.5 Å². The van der Waals surface area contributed by atoms with E-state index in [0.717, 1.165) is 18.2 Å². The van der Waals surface area contributed by atoms with Crippen LogP contribution in [0.4, 0.5) is 4.39 Å². The van der Waals surface area contributed by atoms with Crippen molar-refractivity contribution in [1.29, 1.82) is 0 Å². The normalized spacial score (nSPS) is 13.5. The molecule has 0 aliphatic carbocycles. The Morgan fingerprint density at radius 3 is 2.47 bits per heavy atom. The Kier molecular flexibility index (Phi) is 4.89. The zero-order valence-corrected chi connectivity index (χ0v) is 11.9. The van der Waals surface area contributed by atoms with E-state index in [1.165, 1.54) is 0 Å². The Bertz CT molecular complexity index is 590. The molecule has 0 spiro atoms. The van der Waals surface area contributed by atoms with Gasteiger partial charge in [-0.1, -0.05) is 25.4 Å². The molecule has 1 amide bonds. The van der Waals surface area contributed by atoms with E-state index in [1.807, 2.05) is 0 Å². The van der Waals surface area contributed by atoms with Gasteiger partial charge in [0.25, 0.3) is 0 Å². The summed E-state index contributed by atoms with van der Waals surface area (Å²) >= 11 is 5.72. The quantitative estimate of drug-likeness (QED) is 0.858. The third-order valence-corrected chi connectivity index (χ3v) is 4.36. The van der Waals surface area contributed by atoms with Crippen molar-refractivity contribution in [3.63, 3.8) is 0 Å². The fraction of sp³-hybridized carbons (Fsp3) is 0.364. The third-order valence-electron chi connectivity index (χ3n) is 2.44. The van der Waals surface area contributed by atoms with Crippen LogP contribution in [0.2, 0.25) is 5.02 Å². The smallest absolute Gasteiger partial charge is 0.242 e. The van der Waals surface area contributed by atoms with Gasteiger partial charge < -0.3 is 5.73 Å². The minimum absolute atomic E-state index is 0.138. The van der Waals surface area contributed by atoms with Gasteiger partial charge in [-0.3, -0.25) is 4.79 Å². The van der Waals surface area contributed by atoms with E-state index in [4.69, 9.17) is 17.3 Å². The van der Waals surface area contributed by atoms with E-state index in [-0.39, 0.29) is 10.9 Å². The van der Waals surface area contributed by atoms with E-state index in [1.54, 1.807) is 13.8 Å². The van der Waals surface area contributed by atoms with Gasteiger partial charge in [-0.2, -0.15) is 4.72 Å². The average molecular weight is 309 g/mol. The van der Waals surface area contributed by atoms with Crippen molar-refractivity contribution in [1.82, 2.24) is 4.72 Å². The summed E-state index contributed by atoms with van der Waals surface area (Å²) in [5, 5.41) is -0.138. The Labute approximate surface area is 116 Å². The lowest BCUT2D eigenvalue weighted by atomic mass is 10.1. The number of nitrogens with one attached hydrogen (secondary N) is 1. The fourth-order valence-corrected chi connectivity index (χ4v) is 3.30. The molecule has 8 heteroatoms. The van der Waals surface area contributed by atoms with Crippen LogP contribution in [0.15, 0.2) is 23.1 Å². The minimum atomic E-state index is -4.13. The number of halogens is 2. The number of primary amides is 1. The molecule has 106 valence electrons. The van der Waals surface area contributed by atoms with Crippen molar-refractivity contribution >= 4 is 27.5 Å². The number of nitrogens with two attached hydrogens (primary N) is 1. The zero-order chi connectivity index (χ0) is 14.8. The number of hydrogen-bond donors (Lipinski definition) is 2. The van der Waals surface area contributed by atoms with Crippen LogP contribution in [0.25, 0.3) is 0 Å². The van der Waals surface area contributed by atoms with Crippen LogP contribution in [0, 0.1) is 11.7 Å². The molecule has 0 saturated carbocycles. The molecular weight excluding hydrogens is 295 g/mol. The lowest BCUT2D eigenvalue weighted by Gasteiger charge is -2.19. The van der Waals surface area contributed by atoms with Gasteiger partial charge >= 0.3 is 0 Å². The van der Waals surface area contributed by atoms with E-state index < -0.39 is 32.7 Å². The molecule has 19 heavy (non-hydrogen) atoms. The van der Waals surface area contributed by atoms with Gasteiger partial charge in [-0.05, 0) is 24.1 Å². The molecule has 3 N–H and O–H groups in total. The molecular formula is C11H14ClFN2O3S. The van der Waals surface area contributed by atoms with Gasteiger partial charge in [0.15, 0.2) is 0 Å². The van der Waals surface area contributed by atoms with Gasteiger partial charge in [-0.25, -0.2) is 12.8 Å². The molecule has 0 saturated heterocycles. The Morgan fingerprint density at radius 2 is 2.00 bits per heavy atom. The summed E-state index contributed by atoms with van der Waals surface area (Å²) in [6.07, 6.45) is 0. The molecule has 1 aromatic rings. The molecule has 0 aliphatic rings. The highest BCUT2D eigenvalue weighted by Crippen LogP contribution is 2.22. The molecule has 0 aromatic heterocycles. The highest BCUT2D eigenvalue weighted by Gasteiger charge is 2.28. The molecule has 1 aromatic carbocycles. The Morgan fingerprint density at radius 1 is 1.42 bits per heavy atom. The highest BCUT2D eigenvalue weighted by atomic mass is 35.5. The van der Waals surface area contributed by atoms with Crippen molar-refractivity contribution in [2.24, 2.45) is 11.7 Å². The average Bonchev–Trinajstić information content (AvgIpc) is 2.28. The number of benzene rings is 1. The van der Waals surface area contributed by atoms with Crippen LogP contribution in [0.5, 0.6) is 0 Å². The largest absolute Gasteiger partial charge is 0.368 e. The van der Waals surface area contributed by atoms with Gasteiger partial charge in [0.05, 0.1) is 5.02 Å². The monoisotopic (exact) mass is 308 g/mol. The van der Waals surface area contributed by atoms with E-state index in [2.05, 4.69) is 4.72 Å². The van der Waals surface area contributed by atoms with Crippen molar-refractivity contribution in [3.05, 3.63) is 29.0 Å². The maximum absolute atomic E-state index is 13.1. The third kappa shape index (κ3) is 3.89. The predicted octanol–water partition coefficient (Wildman–Crippen LogP) is 1.27. The number of rotatable bonds is 5. The van der Waals surface area contributed by atoms with E-state index >= 15 is 0 Å². The molecule has 0 aliphatic heterocycles. The summed E-state index contributed by atoms with van der Waals surface area (Å²) in [5.74, 6) is -1.91. The fourth-order valence-electron chi connectivity index (χ4n) is 1.44. The second-order valence-electron chi connectivity index (χ2n) is 4.32. The summed E-state index contributed by atoms with van der Waals surface area (Å²) in [4.78, 5) is 10.8. The molecule has 0 radical (unpaired) electrons. The van der Waals surface area contributed by atoms with Crippen LogP contribution in [0.3, 0.4) is 0 Å². The number of carbonyl (C=O) groups excluding carboxylic acids is 1.